The molecule has 17 heavy (non-hydrogen) atoms. The number of nitrogens with zero attached hydrogens (tertiary/aromatic N) is 1. The monoisotopic (exact) mass is 247 g/mol. The van der Waals surface area contributed by atoms with E-state index in [0.717, 1.165) is 13.0 Å². The first-order chi connectivity index (χ1) is 7.90. The molecule has 4 N–H and O–H groups in total. The summed E-state index contributed by atoms with van der Waals surface area (Å²) in [4.78, 5) is 23.7. The predicted octanol–water partition coefficient (Wildman–Crippen LogP) is -0.929. The molecular weight excluding hydrogens is 226 g/mol. The number of urea groups is 1. The van der Waals surface area contributed by atoms with E-state index in [1.165, 1.54) is 11.8 Å². The molecule has 0 saturated carbocycles. The molecule has 7 heteroatoms. The first-order valence-electron chi connectivity index (χ1n) is 5.47. The van der Waals surface area contributed by atoms with Crippen molar-refractivity contribution in [1.29, 1.82) is 0 Å². The lowest BCUT2D eigenvalue weighted by Gasteiger charge is -2.22. The average Bonchev–Trinajstić information content (AvgIpc) is 2.24. The topological polar surface area (TPSA) is 102 Å². The van der Waals surface area contributed by atoms with Crippen LogP contribution in [0.25, 0.3) is 0 Å². The molecule has 0 aliphatic heterocycles. The normalized spacial score (nSPS) is 13.9. The Kier molecular flexibility index (Phi) is 7.24. The minimum absolute atomic E-state index is 0.505. The van der Waals surface area contributed by atoms with Crippen molar-refractivity contribution in [2.45, 2.75) is 25.5 Å². The summed E-state index contributed by atoms with van der Waals surface area (Å²) in [6.45, 7) is 2.61. The number of rotatable bonds is 7. The Hall–Kier alpha value is -1.34. The smallest absolute Gasteiger partial charge is 0.328 e. The van der Waals surface area contributed by atoms with Gasteiger partial charge in [0.15, 0.2) is 6.04 Å². The Bertz CT molecular complexity index is 258. The minimum atomic E-state index is -1.28. The molecule has 2 unspecified atom stereocenters. The molecule has 0 spiro atoms. The number of aliphatic hydroxyl groups is 1. The Morgan fingerprint density at radius 2 is 2.00 bits per heavy atom. The van der Waals surface area contributed by atoms with Crippen molar-refractivity contribution in [1.82, 2.24) is 15.5 Å². The van der Waals surface area contributed by atoms with E-state index in [1.54, 1.807) is 7.05 Å². The third kappa shape index (κ3) is 6.08. The van der Waals surface area contributed by atoms with Gasteiger partial charge in [0.1, 0.15) is 0 Å². The number of hydrogen-bond acceptors (Lipinski definition) is 4. The Balaban J connectivity index is 4.16. The number of nitrogens with one attached hydrogen (secondary N) is 2. The van der Waals surface area contributed by atoms with Crippen molar-refractivity contribution in [3.8, 4) is 0 Å². The van der Waals surface area contributed by atoms with Crippen LogP contribution in [0.4, 0.5) is 4.79 Å². The second-order valence-corrected chi connectivity index (χ2v) is 3.88. The van der Waals surface area contributed by atoms with E-state index in [-0.39, 0.29) is 0 Å². The lowest BCUT2D eigenvalue weighted by Crippen LogP contribution is -2.51. The van der Waals surface area contributed by atoms with Gasteiger partial charge in [-0.25, -0.2) is 9.59 Å². The number of carboxylic acid groups (broad SMARTS) is 1. The summed E-state index contributed by atoms with van der Waals surface area (Å²) in [5, 5.41) is 23.2. The molecule has 0 saturated heterocycles. The van der Waals surface area contributed by atoms with Gasteiger partial charge in [-0.2, -0.15) is 0 Å². The van der Waals surface area contributed by atoms with E-state index in [0.29, 0.717) is 6.54 Å². The molecule has 7 nitrogen and oxygen atoms in total. The van der Waals surface area contributed by atoms with Crippen LogP contribution in [0.5, 0.6) is 0 Å². The second-order valence-electron chi connectivity index (χ2n) is 3.88. The Morgan fingerprint density at radius 1 is 1.41 bits per heavy atom. The van der Waals surface area contributed by atoms with E-state index < -0.39 is 24.1 Å². The molecule has 0 aromatic rings. The number of carbonyl (C=O) groups is 2. The first kappa shape index (κ1) is 15.7. The lowest BCUT2D eigenvalue weighted by molar-refractivity contribution is -0.141. The summed E-state index contributed by atoms with van der Waals surface area (Å²) in [5.74, 6) is -1.25. The van der Waals surface area contributed by atoms with Crippen molar-refractivity contribution < 1.29 is 19.8 Å². The maximum atomic E-state index is 11.6. The summed E-state index contributed by atoms with van der Waals surface area (Å²) < 4.78 is 0. The van der Waals surface area contributed by atoms with Crippen LogP contribution in [-0.4, -0.2) is 66.4 Å². The van der Waals surface area contributed by atoms with Crippen LogP contribution in [0.15, 0.2) is 0 Å². The van der Waals surface area contributed by atoms with Gasteiger partial charge in [0.25, 0.3) is 0 Å². The summed E-state index contributed by atoms with van der Waals surface area (Å²) in [5.41, 5.74) is 0. The van der Waals surface area contributed by atoms with Crippen LogP contribution in [0.2, 0.25) is 0 Å². The predicted molar refractivity (Wildman–Crippen MR) is 62.8 cm³/mol. The molecule has 0 aliphatic carbocycles. The highest BCUT2D eigenvalue weighted by Crippen LogP contribution is 1.96. The van der Waals surface area contributed by atoms with Crippen molar-refractivity contribution in [3.05, 3.63) is 0 Å². The number of aliphatic carboxylic acids is 1. The number of amides is 2. The SMILES string of the molecule is CNCCCN(C)C(=O)NC(C(=O)O)C(C)O. The molecule has 2 amide bonds. The van der Waals surface area contributed by atoms with Gasteiger partial charge >= 0.3 is 12.0 Å². The highest BCUT2D eigenvalue weighted by molar-refractivity contribution is 5.82. The molecule has 0 aromatic carbocycles. The molecule has 0 fully saturated rings. The molecule has 0 heterocycles. The largest absolute Gasteiger partial charge is 0.480 e. The Labute approximate surface area is 101 Å². The van der Waals surface area contributed by atoms with E-state index in [1.807, 2.05) is 7.05 Å². The average molecular weight is 247 g/mol. The van der Waals surface area contributed by atoms with E-state index in [9.17, 15) is 14.7 Å². The number of aliphatic hydroxyl groups excluding tert-OH is 1. The van der Waals surface area contributed by atoms with Crippen molar-refractivity contribution in [2.75, 3.05) is 27.2 Å². The molecule has 0 aromatic heterocycles. The van der Waals surface area contributed by atoms with Crippen LogP contribution in [0.1, 0.15) is 13.3 Å². The van der Waals surface area contributed by atoms with Gasteiger partial charge in [0, 0.05) is 13.6 Å². The summed E-state index contributed by atoms with van der Waals surface area (Å²) >= 11 is 0. The van der Waals surface area contributed by atoms with E-state index >= 15 is 0 Å². The second kappa shape index (κ2) is 7.86. The summed E-state index contributed by atoms with van der Waals surface area (Å²) in [6, 6.07) is -1.79. The van der Waals surface area contributed by atoms with Gasteiger partial charge < -0.3 is 25.7 Å². The zero-order chi connectivity index (χ0) is 13.4. The zero-order valence-electron chi connectivity index (χ0n) is 10.4. The van der Waals surface area contributed by atoms with Crippen LogP contribution in [0, 0.1) is 0 Å². The van der Waals surface area contributed by atoms with Gasteiger partial charge in [-0.15, -0.1) is 0 Å². The summed E-state index contributed by atoms with van der Waals surface area (Å²) in [6.07, 6.45) is -0.366. The maximum Gasteiger partial charge on any atom is 0.328 e. The molecule has 0 bridgehead atoms. The number of hydrogen-bond donors (Lipinski definition) is 4. The molecule has 2 atom stereocenters. The third-order valence-corrected chi connectivity index (χ3v) is 2.29. The number of carbonyl (C=O) groups excluding carboxylic acids is 1. The standard InChI is InChI=1S/C10H21N3O4/c1-7(14)8(9(15)16)12-10(17)13(3)6-4-5-11-2/h7-8,11,14H,4-6H2,1-3H3,(H,12,17)(H,15,16). The van der Waals surface area contributed by atoms with Gasteiger partial charge in [-0.3, -0.25) is 0 Å². The number of carboxylic acids is 1. The van der Waals surface area contributed by atoms with Crippen LogP contribution in [-0.2, 0) is 4.79 Å². The van der Waals surface area contributed by atoms with Crippen molar-refractivity contribution in [3.63, 3.8) is 0 Å². The van der Waals surface area contributed by atoms with E-state index in [2.05, 4.69) is 10.6 Å². The maximum absolute atomic E-state index is 11.6. The van der Waals surface area contributed by atoms with Gasteiger partial charge in [0.05, 0.1) is 6.10 Å². The minimum Gasteiger partial charge on any atom is -0.480 e. The van der Waals surface area contributed by atoms with Gasteiger partial charge in [-0.05, 0) is 26.9 Å². The highest BCUT2D eigenvalue weighted by Gasteiger charge is 2.25. The van der Waals surface area contributed by atoms with Crippen LogP contribution < -0.4 is 10.6 Å². The zero-order valence-corrected chi connectivity index (χ0v) is 10.4. The lowest BCUT2D eigenvalue weighted by atomic mass is 10.2. The highest BCUT2D eigenvalue weighted by atomic mass is 16.4. The molecular formula is C10H21N3O4. The van der Waals surface area contributed by atoms with Crippen LogP contribution >= 0.6 is 0 Å². The van der Waals surface area contributed by atoms with Crippen LogP contribution in [0.3, 0.4) is 0 Å². The fraction of sp³-hybridized carbons (Fsp3) is 0.800. The quantitative estimate of drug-likeness (QED) is 0.435. The molecule has 0 rings (SSSR count). The van der Waals surface area contributed by atoms with Gasteiger partial charge in [-0.1, -0.05) is 0 Å². The third-order valence-electron chi connectivity index (χ3n) is 2.29. The Morgan fingerprint density at radius 3 is 2.41 bits per heavy atom. The molecule has 100 valence electrons. The summed E-state index contributed by atoms with van der Waals surface area (Å²) in [7, 11) is 3.39. The molecule has 0 aliphatic rings. The first-order valence-corrected chi connectivity index (χ1v) is 5.47. The molecule has 0 radical (unpaired) electrons. The van der Waals surface area contributed by atoms with Crippen molar-refractivity contribution >= 4 is 12.0 Å². The fourth-order valence-electron chi connectivity index (χ4n) is 1.23. The fourth-order valence-corrected chi connectivity index (χ4v) is 1.23. The van der Waals surface area contributed by atoms with Gasteiger partial charge in [0.2, 0.25) is 0 Å². The van der Waals surface area contributed by atoms with Crippen molar-refractivity contribution in [2.24, 2.45) is 0 Å². The van der Waals surface area contributed by atoms with E-state index in [4.69, 9.17) is 5.11 Å².